The monoisotopic (exact) mass is 330 g/mol. The fraction of sp³-hybridized carbons (Fsp3) is 0. The molecule has 0 spiro atoms. The quantitative estimate of drug-likeness (QED) is 0.475. The number of halogens is 2. The van der Waals surface area contributed by atoms with Gasteiger partial charge in [-0.2, -0.15) is 0 Å². The Morgan fingerprint density at radius 2 is 1.54 bits per heavy atom. The fourth-order valence-corrected chi connectivity index (χ4v) is 1.86. The lowest BCUT2D eigenvalue weighted by molar-refractivity contribution is -0.130. The number of benzene rings is 2. The van der Waals surface area contributed by atoms with Gasteiger partial charge in [-0.25, -0.2) is 18.4 Å². The average Bonchev–Trinajstić information content (AvgIpc) is 2.58. The van der Waals surface area contributed by atoms with Gasteiger partial charge in [0.25, 0.3) is 0 Å². The number of carbonyl (C=O) groups excluding carboxylic acids is 2. The molecule has 0 amide bonds. The highest BCUT2D eigenvalue weighted by Crippen LogP contribution is 2.31. The van der Waals surface area contributed by atoms with Crippen LogP contribution in [-0.2, 0) is 9.59 Å². The van der Waals surface area contributed by atoms with Crippen LogP contribution in [0, 0.1) is 11.6 Å². The molecule has 0 saturated carbocycles. The molecule has 0 fully saturated rings. The molecule has 0 atom stereocenters. The summed E-state index contributed by atoms with van der Waals surface area (Å²) in [5.41, 5.74) is 0.199. The standard InChI is InChI=1S/C18H12F2O4/c1-3-16(21)23-14-9-8-11(10-13(14)19)12-6-5-7-15(18(12)20)24-17(22)4-2/h3-10H,1-2H2. The van der Waals surface area contributed by atoms with Crippen molar-refractivity contribution in [2.45, 2.75) is 0 Å². The van der Waals surface area contributed by atoms with E-state index in [2.05, 4.69) is 13.2 Å². The van der Waals surface area contributed by atoms with Crippen LogP contribution in [0.3, 0.4) is 0 Å². The van der Waals surface area contributed by atoms with E-state index in [1.165, 1.54) is 30.3 Å². The molecule has 2 rings (SSSR count). The van der Waals surface area contributed by atoms with E-state index in [4.69, 9.17) is 9.47 Å². The molecule has 0 heterocycles. The van der Waals surface area contributed by atoms with E-state index < -0.39 is 23.6 Å². The average molecular weight is 330 g/mol. The highest BCUT2D eigenvalue weighted by Gasteiger charge is 2.15. The number of ether oxygens (including phenoxy) is 2. The Hall–Kier alpha value is -3.28. The van der Waals surface area contributed by atoms with Gasteiger partial charge in [-0.3, -0.25) is 0 Å². The minimum atomic E-state index is -0.851. The maximum Gasteiger partial charge on any atom is 0.335 e. The lowest BCUT2D eigenvalue weighted by Crippen LogP contribution is -2.06. The van der Waals surface area contributed by atoms with Gasteiger partial charge in [0.1, 0.15) is 0 Å². The minimum absolute atomic E-state index is 0.0184. The predicted octanol–water partition coefficient (Wildman–Crippen LogP) is 3.81. The SMILES string of the molecule is C=CC(=O)Oc1ccc(-c2cccc(OC(=O)C=C)c2F)cc1F. The van der Waals surface area contributed by atoms with Gasteiger partial charge in [-0.1, -0.05) is 31.4 Å². The molecule has 2 aromatic rings. The first-order valence-electron chi connectivity index (χ1n) is 6.73. The van der Waals surface area contributed by atoms with E-state index in [-0.39, 0.29) is 22.6 Å². The third-order valence-electron chi connectivity index (χ3n) is 2.96. The summed E-state index contributed by atoms with van der Waals surface area (Å²) in [4.78, 5) is 22.3. The Bertz CT molecular complexity index is 828. The van der Waals surface area contributed by atoms with Crippen LogP contribution < -0.4 is 9.47 Å². The predicted molar refractivity (Wildman–Crippen MR) is 83.5 cm³/mol. The molecule has 4 nitrogen and oxygen atoms in total. The van der Waals surface area contributed by atoms with Gasteiger partial charge >= 0.3 is 11.9 Å². The van der Waals surface area contributed by atoms with Gasteiger partial charge in [-0.05, 0) is 23.8 Å². The van der Waals surface area contributed by atoms with Crippen LogP contribution in [0.25, 0.3) is 11.1 Å². The largest absolute Gasteiger partial charge is 0.420 e. The first-order chi connectivity index (χ1) is 11.5. The van der Waals surface area contributed by atoms with Gasteiger partial charge in [0.2, 0.25) is 0 Å². The van der Waals surface area contributed by atoms with Gasteiger partial charge in [0, 0.05) is 17.7 Å². The molecule has 2 aromatic carbocycles. The molecule has 0 aliphatic heterocycles. The topological polar surface area (TPSA) is 52.6 Å². The first kappa shape index (κ1) is 17.1. The van der Waals surface area contributed by atoms with Crippen LogP contribution in [-0.4, -0.2) is 11.9 Å². The summed E-state index contributed by atoms with van der Waals surface area (Å²) >= 11 is 0. The third kappa shape index (κ3) is 3.73. The molecular weight excluding hydrogens is 318 g/mol. The summed E-state index contributed by atoms with van der Waals surface area (Å²) < 4.78 is 37.9. The second kappa shape index (κ2) is 7.32. The van der Waals surface area contributed by atoms with E-state index in [0.717, 1.165) is 18.2 Å². The molecule has 0 aliphatic carbocycles. The zero-order chi connectivity index (χ0) is 17.7. The van der Waals surface area contributed by atoms with Crippen LogP contribution in [0.4, 0.5) is 8.78 Å². The summed E-state index contributed by atoms with van der Waals surface area (Å²) in [6.07, 6.45) is 1.79. The van der Waals surface area contributed by atoms with E-state index in [1.54, 1.807) is 0 Å². The van der Waals surface area contributed by atoms with Crippen LogP contribution in [0.2, 0.25) is 0 Å². The Balaban J connectivity index is 2.38. The zero-order valence-corrected chi connectivity index (χ0v) is 12.4. The maximum absolute atomic E-state index is 14.4. The Kier molecular flexibility index (Phi) is 5.21. The highest BCUT2D eigenvalue weighted by atomic mass is 19.1. The van der Waals surface area contributed by atoms with Crippen molar-refractivity contribution in [3.8, 4) is 22.6 Å². The number of hydrogen-bond acceptors (Lipinski definition) is 4. The molecular formula is C18H12F2O4. The molecule has 0 N–H and O–H groups in total. The van der Waals surface area contributed by atoms with E-state index in [1.807, 2.05) is 0 Å². The summed E-state index contributed by atoms with van der Waals surface area (Å²) in [6, 6.07) is 7.67. The molecule has 0 unspecified atom stereocenters. The molecule has 0 aliphatic rings. The van der Waals surface area contributed by atoms with Gasteiger partial charge in [0.15, 0.2) is 23.1 Å². The maximum atomic E-state index is 14.4. The smallest absolute Gasteiger partial charge is 0.335 e. The molecule has 6 heteroatoms. The third-order valence-corrected chi connectivity index (χ3v) is 2.96. The van der Waals surface area contributed by atoms with Crippen molar-refractivity contribution in [1.82, 2.24) is 0 Å². The first-order valence-corrected chi connectivity index (χ1v) is 6.73. The fourth-order valence-electron chi connectivity index (χ4n) is 1.86. The highest BCUT2D eigenvalue weighted by molar-refractivity contribution is 5.84. The lowest BCUT2D eigenvalue weighted by Gasteiger charge is -2.09. The molecule has 0 saturated heterocycles. The van der Waals surface area contributed by atoms with Crippen LogP contribution in [0.1, 0.15) is 0 Å². The van der Waals surface area contributed by atoms with E-state index >= 15 is 0 Å². The summed E-state index contributed by atoms with van der Waals surface area (Å²) in [5, 5.41) is 0. The molecule has 122 valence electrons. The Morgan fingerprint density at radius 1 is 0.917 bits per heavy atom. The zero-order valence-electron chi connectivity index (χ0n) is 12.4. The summed E-state index contributed by atoms with van der Waals surface area (Å²) in [6.45, 7) is 6.43. The van der Waals surface area contributed by atoms with Crippen LogP contribution >= 0.6 is 0 Å². The van der Waals surface area contributed by atoms with E-state index in [9.17, 15) is 18.4 Å². The van der Waals surface area contributed by atoms with Crippen molar-refractivity contribution in [3.05, 3.63) is 73.3 Å². The summed E-state index contributed by atoms with van der Waals surface area (Å²) in [7, 11) is 0. The van der Waals surface area contributed by atoms with Crippen molar-refractivity contribution >= 4 is 11.9 Å². The normalized spacial score (nSPS) is 9.92. The van der Waals surface area contributed by atoms with Crippen molar-refractivity contribution in [1.29, 1.82) is 0 Å². The van der Waals surface area contributed by atoms with Gasteiger partial charge in [-0.15, -0.1) is 0 Å². The number of carbonyl (C=O) groups is 2. The second-order valence-corrected chi connectivity index (χ2v) is 4.51. The minimum Gasteiger partial charge on any atom is -0.420 e. The Labute approximate surface area is 136 Å². The van der Waals surface area contributed by atoms with Crippen molar-refractivity contribution in [3.63, 3.8) is 0 Å². The summed E-state index contributed by atoms with van der Waals surface area (Å²) in [5.74, 6) is -3.92. The number of rotatable bonds is 5. The second-order valence-electron chi connectivity index (χ2n) is 4.51. The van der Waals surface area contributed by atoms with E-state index in [0.29, 0.717) is 0 Å². The van der Waals surface area contributed by atoms with Crippen LogP contribution in [0.5, 0.6) is 11.5 Å². The van der Waals surface area contributed by atoms with Crippen molar-refractivity contribution in [2.75, 3.05) is 0 Å². The Morgan fingerprint density at radius 3 is 2.12 bits per heavy atom. The molecule has 0 bridgehead atoms. The van der Waals surface area contributed by atoms with Crippen molar-refractivity contribution in [2.24, 2.45) is 0 Å². The number of esters is 2. The lowest BCUT2D eigenvalue weighted by atomic mass is 10.0. The molecule has 0 radical (unpaired) electrons. The van der Waals surface area contributed by atoms with Gasteiger partial charge in [0.05, 0.1) is 0 Å². The van der Waals surface area contributed by atoms with Gasteiger partial charge < -0.3 is 9.47 Å². The molecule has 0 aromatic heterocycles. The molecule has 24 heavy (non-hydrogen) atoms. The van der Waals surface area contributed by atoms with Crippen LogP contribution in [0.15, 0.2) is 61.7 Å². The number of hydrogen-bond donors (Lipinski definition) is 0. The van der Waals surface area contributed by atoms with Crippen molar-refractivity contribution < 1.29 is 27.8 Å².